The number of ether oxygens (including phenoxy) is 1. The minimum Gasteiger partial charge on any atom is -0.490 e. The molecule has 1 atom stereocenters. The lowest BCUT2D eigenvalue weighted by molar-refractivity contribution is 0.187. The Balaban J connectivity index is 2.38. The molecule has 0 fully saturated rings. The molecule has 0 aromatic carbocycles. The fourth-order valence-corrected chi connectivity index (χ4v) is 1.86. The predicted molar refractivity (Wildman–Crippen MR) is 72.3 cm³/mol. The number of nitrogens with zero attached hydrogens (tertiary/aromatic N) is 1. The van der Waals surface area contributed by atoms with Gasteiger partial charge in [0.25, 0.3) is 0 Å². The van der Waals surface area contributed by atoms with Crippen LogP contribution in [0.5, 0.6) is 0 Å². The highest BCUT2D eigenvalue weighted by atomic mass is 35.5. The Morgan fingerprint density at radius 1 is 1.42 bits per heavy atom. The maximum atomic E-state index is 10.1. The van der Waals surface area contributed by atoms with Crippen molar-refractivity contribution in [3.8, 4) is 0 Å². The number of rotatable bonds is 5. The Kier molecular flexibility index (Phi) is 4.60. The fraction of sp³-hybridized carbons (Fsp3) is 0.214. The minimum absolute atomic E-state index is 0.149. The molecule has 2 aromatic heterocycles. The summed E-state index contributed by atoms with van der Waals surface area (Å²) in [6.07, 6.45) is 2.04. The summed E-state index contributed by atoms with van der Waals surface area (Å²) in [7, 11) is 0. The van der Waals surface area contributed by atoms with Gasteiger partial charge < -0.3 is 14.3 Å². The molecule has 0 aliphatic rings. The van der Waals surface area contributed by atoms with Gasteiger partial charge in [-0.1, -0.05) is 17.7 Å². The molecule has 0 aliphatic carbocycles. The smallest absolute Gasteiger partial charge is 0.162 e. The maximum Gasteiger partial charge on any atom is 0.162 e. The first kappa shape index (κ1) is 13.6. The van der Waals surface area contributed by atoms with Gasteiger partial charge in [0.1, 0.15) is 11.5 Å². The summed E-state index contributed by atoms with van der Waals surface area (Å²) in [5.41, 5.74) is 0.569. The Hall–Kier alpha value is -1.78. The first-order valence-electron chi connectivity index (χ1n) is 5.89. The fourth-order valence-electron chi connectivity index (χ4n) is 1.60. The highest BCUT2D eigenvalue weighted by Gasteiger charge is 2.21. The summed E-state index contributed by atoms with van der Waals surface area (Å²) in [4.78, 5) is 4.17. The maximum absolute atomic E-state index is 10.1. The van der Waals surface area contributed by atoms with Crippen molar-refractivity contribution in [1.82, 2.24) is 4.98 Å². The predicted octanol–water partition coefficient (Wildman–Crippen LogP) is 3.35. The van der Waals surface area contributed by atoms with Gasteiger partial charge in [-0.05, 0) is 31.2 Å². The zero-order chi connectivity index (χ0) is 13.7. The quantitative estimate of drug-likeness (QED) is 0.853. The van der Waals surface area contributed by atoms with Crippen molar-refractivity contribution >= 4 is 17.4 Å². The standard InChI is InChI=1S/C14H14ClNO3/c1-2-18-14(10-6-3-4-8-16-10)12(15)13(17)11-7-5-9-19-11/h3-9,13,17H,2H2,1H3/b14-12+. The van der Waals surface area contributed by atoms with E-state index in [4.69, 9.17) is 20.8 Å². The molecule has 4 nitrogen and oxygen atoms in total. The molecular formula is C14H14ClNO3. The second kappa shape index (κ2) is 6.41. The number of furan rings is 1. The number of aliphatic hydroxyl groups excluding tert-OH is 1. The van der Waals surface area contributed by atoms with Crippen LogP contribution in [0, 0.1) is 0 Å². The van der Waals surface area contributed by atoms with Crippen molar-refractivity contribution in [3.63, 3.8) is 0 Å². The average molecular weight is 280 g/mol. The van der Waals surface area contributed by atoms with E-state index in [9.17, 15) is 5.11 Å². The van der Waals surface area contributed by atoms with Gasteiger partial charge in [-0.15, -0.1) is 0 Å². The van der Waals surface area contributed by atoms with Crippen molar-refractivity contribution < 1.29 is 14.3 Å². The molecule has 1 N–H and O–H groups in total. The SMILES string of the molecule is CCO/C(=C(/Cl)C(O)c1ccco1)c1ccccn1. The Labute approximate surface area is 116 Å². The zero-order valence-electron chi connectivity index (χ0n) is 10.4. The van der Waals surface area contributed by atoms with Gasteiger partial charge >= 0.3 is 0 Å². The van der Waals surface area contributed by atoms with E-state index in [-0.39, 0.29) is 5.03 Å². The van der Waals surface area contributed by atoms with Crippen molar-refractivity contribution in [2.45, 2.75) is 13.0 Å². The zero-order valence-corrected chi connectivity index (χ0v) is 11.2. The number of halogens is 1. The van der Waals surface area contributed by atoms with Gasteiger partial charge in [-0.2, -0.15) is 0 Å². The molecule has 0 bridgehead atoms. The molecule has 2 rings (SSSR count). The lowest BCUT2D eigenvalue weighted by Crippen LogP contribution is -2.03. The highest BCUT2D eigenvalue weighted by Crippen LogP contribution is 2.32. The second-order valence-electron chi connectivity index (χ2n) is 3.74. The van der Waals surface area contributed by atoms with Crippen LogP contribution in [0.25, 0.3) is 5.76 Å². The van der Waals surface area contributed by atoms with Crippen LogP contribution in [0.1, 0.15) is 24.5 Å². The van der Waals surface area contributed by atoms with Gasteiger partial charge in [0.2, 0.25) is 0 Å². The highest BCUT2D eigenvalue weighted by molar-refractivity contribution is 6.32. The molecule has 2 aromatic rings. The van der Waals surface area contributed by atoms with E-state index < -0.39 is 6.10 Å². The number of pyridine rings is 1. The topological polar surface area (TPSA) is 55.5 Å². The molecule has 100 valence electrons. The largest absolute Gasteiger partial charge is 0.490 e. The number of aliphatic hydroxyl groups is 1. The Morgan fingerprint density at radius 3 is 2.84 bits per heavy atom. The average Bonchev–Trinajstić information content (AvgIpc) is 2.98. The van der Waals surface area contributed by atoms with Crippen molar-refractivity contribution in [2.75, 3.05) is 6.61 Å². The molecule has 0 saturated heterocycles. The Bertz CT molecular complexity index is 537. The van der Waals surface area contributed by atoms with Crippen LogP contribution in [0.2, 0.25) is 0 Å². The van der Waals surface area contributed by atoms with Crippen LogP contribution in [-0.2, 0) is 4.74 Å². The van der Waals surface area contributed by atoms with E-state index in [1.165, 1.54) is 6.26 Å². The van der Waals surface area contributed by atoms with Crippen LogP contribution >= 0.6 is 11.6 Å². The van der Waals surface area contributed by atoms with Gasteiger partial charge in [0.15, 0.2) is 11.9 Å². The molecule has 2 heterocycles. The normalized spacial score (nSPS) is 13.8. The Morgan fingerprint density at radius 2 is 2.26 bits per heavy atom. The van der Waals surface area contributed by atoms with Gasteiger partial charge in [-0.25, -0.2) is 0 Å². The van der Waals surface area contributed by atoms with Crippen molar-refractivity contribution in [1.29, 1.82) is 0 Å². The van der Waals surface area contributed by atoms with Crippen LogP contribution in [0.3, 0.4) is 0 Å². The molecule has 0 amide bonds. The summed E-state index contributed by atoms with van der Waals surface area (Å²) in [5.74, 6) is 0.715. The first-order valence-corrected chi connectivity index (χ1v) is 6.27. The van der Waals surface area contributed by atoms with Crippen LogP contribution in [0.15, 0.2) is 52.2 Å². The summed E-state index contributed by atoms with van der Waals surface area (Å²) in [6, 6.07) is 8.72. The summed E-state index contributed by atoms with van der Waals surface area (Å²) < 4.78 is 10.6. The summed E-state index contributed by atoms with van der Waals surface area (Å²) in [5, 5.41) is 10.3. The molecule has 0 radical (unpaired) electrons. The second-order valence-corrected chi connectivity index (χ2v) is 4.15. The molecule has 0 saturated carbocycles. The lowest BCUT2D eigenvalue weighted by Gasteiger charge is -2.14. The van der Waals surface area contributed by atoms with E-state index in [2.05, 4.69) is 4.98 Å². The van der Waals surface area contributed by atoms with E-state index in [1.807, 2.05) is 13.0 Å². The summed E-state index contributed by atoms with van der Waals surface area (Å²) in [6.45, 7) is 2.26. The minimum atomic E-state index is -1.07. The third-order valence-electron chi connectivity index (χ3n) is 2.46. The molecule has 0 spiro atoms. The number of aromatic nitrogens is 1. The van der Waals surface area contributed by atoms with Crippen molar-refractivity contribution in [3.05, 3.63) is 59.3 Å². The van der Waals surface area contributed by atoms with Crippen LogP contribution < -0.4 is 0 Å². The van der Waals surface area contributed by atoms with Crippen molar-refractivity contribution in [2.24, 2.45) is 0 Å². The van der Waals surface area contributed by atoms with Gasteiger partial charge in [-0.3, -0.25) is 4.98 Å². The lowest BCUT2D eigenvalue weighted by atomic mass is 10.2. The van der Waals surface area contributed by atoms with E-state index in [0.29, 0.717) is 23.8 Å². The van der Waals surface area contributed by atoms with Crippen LogP contribution in [0.4, 0.5) is 0 Å². The van der Waals surface area contributed by atoms with Gasteiger partial charge in [0, 0.05) is 6.20 Å². The summed E-state index contributed by atoms with van der Waals surface area (Å²) >= 11 is 6.21. The number of hydrogen-bond donors (Lipinski definition) is 1. The number of hydrogen-bond acceptors (Lipinski definition) is 4. The monoisotopic (exact) mass is 279 g/mol. The third-order valence-corrected chi connectivity index (χ3v) is 2.83. The molecule has 1 unspecified atom stereocenters. The van der Waals surface area contributed by atoms with Crippen LogP contribution in [-0.4, -0.2) is 16.7 Å². The van der Waals surface area contributed by atoms with E-state index in [1.54, 1.807) is 30.5 Å². The molecular weight excluding hydrogens is 266 g/mol. The third kappa shape index (κ3) is 3.16. The van der Waals surface area contributed by atoms with E-state index in [0.717, 1.165) is 0 Å². The molecule has 19 heavy (non-hydrogen) atoms. The molecule has 0 aliphatic heterocycles. The first-order chi connectivity index (χ1) is 9.24. The van der Waals surface area contributed by atoms with Gasteiger partial charge in [0.05, 0.1) is 17.9 Å². The molecule has 5 heteroatoms. The van der Waals surface area contributed by atoms with E-state index >= 15 is 0 Å².